The summed E-state index contributed by atoms with van der Waals surface area (Å²) in [7, 11) is 0. The Morgan fingerprint density at radius 3 is 0.969 bits per heavy atom. The van der Waals surface area contributed by atoms with Crippen LogP contribution in [0.5, 0.6) is 0 Å². The van der Waals surface area contributed by atoms with Crippen molar-refractivity contribution in [3.63, 3.8) is 0 Å². The van der Waals surface area contributed by atoms with Crippen LogP contribution in [-0.2, 0) is 24.1 Å². The minimum atomic E-state index is -0.786. The van der Waals surface area contributed by atoms with Gasteiger partial charge in [0.25, 0.3) is 0 Å². The van der Waals surface area contributed by atoms with Crippen LogP contribution < -0.4 is 0 Å². The highest BCUT2D eigenvalue weighted by atomic mass is 16.4. The predicted molar refractivity (Wildman–Crippen MR) is 143 cm³/mol. The molecule has 3 aromatic rings. The summed E-state index contributed by atoms with van der Waals surface area (Å²) in [6, 6.07) is 30.0. The molecule has 0 aromatic heterocycles. The third-order valence-electron chi connectivity index (χ3n) is 3.70. The van der Waals surface area contributed by atoms with E-state index in [0.717, 1.165) is 18.4 Å². The Balaban J connectivity index is -0.000000354. The number of benzene rings is 3. The molecule has 0 amide bonds. The SMILES string of the molecule is CC.CC.CC.CCc1ccccc1.CCc1ccccc1.O=C(O)Cc1ccccc1. The first-order chi connectivity index (χ1) is 15.7. The summed E-state index contributed by atoms with van der Waals surface area (Å²) in [5.74, 6) is -0.786. The van der Waals surface area contributed by atoms with Gasteiger partial charge in [-0.25, -0.2) is 0 Å². The molecule has 178 valence electrons. The van der Waals surface area contributed by atoms with E-state index < -0.39 is 5.97 Å². The molecule has 2 heteroatoms. The van der Waals surface area contributed by atoms with E-state index in [2.05, 4.69) is 62.4 Å². The lowest BCUT2D eigenvalue weighted by Crippen LogP contribution is -1.98. The fourth-order valence-corrected chi connectivity index (χ4v) is 2.20. The van der Waals surface area contributed by atoms with Crippen LogP contribution in [0.4, 0.5) is 0 Å². The topological polar surface area (TPSA) is 37.3 Å². The molecule has 32 heavy (non-hydrogen) atoms. The van der Waals surface area contributed by atoms with Crippen LogP contribution in [0, 0.1) is 0 Å². The number of carboxylic acid groups (broad SMARTS) is 1. The van der Waals surface area contributed by atoms with Crippen molar-refractivity contribution >= 4 is 5.97 Å². The van der Waals surface area contributed by atoms with Crippen molar-refractivity contribution in [3.8, 4) is 0 Å². The van der Waals surface area contributed by atoms with Crippen molar-refractivity contribution in [1.29, 1.82) is 0 Å². The van der Waals surface area contributed by atoms with Gasteiger partial charge in [-0.3, -0.25) is 4.79 Å². The van der Waals surface area contributed by atoms with Gasteiger partial charge in [-0.05, 0) is 29.5 Å². The van der Waals surface area contributed by atoms with Crippen molar-refractivity contribution in [2.45, 2.75) is 74.7 Å². The van der Waals surface area contributed by atoms with E-state index in [1.54, 1.807) is 12.1 Å². The second kappa shape index (κ2) is 28.1. The van der Waals surface area contributed by atoms with E-state index in [-0.39, 0.29) is 6.42 Å². The Bertz CT molecular complexity index is 668. The molecule has 0 fully saturated rings. The van der Waals surface area contributed by atoms with Gasteiger partial charge in [0.05, 0.1) is 6.42 Å². The average molecular weight is 439 g/mol. The molecule has 3 aromatic carbocycles. The standard InChI is InChI=1S/C8H8O2.2C8H10.3C2H6/c9-8(10)6-7-4-2-1-3-5-7;2*1-2-8-6-4-3-5-7-8;3*1-2/h1-5H,6H2,(H,9,10);2*3-7H,2H2,1H3;3*1-2H3. The van der Waals surface area contributed by atoms with Gasteiger partial charge in [-0.1, -0.05) is 146 Å². The summed E-state index contributed by atoms with van der Waals surface area (Å²) < 4.78 is 0. The molecule has 2 nitrogen and oxygen atoms in total. The Morgan fingerprint density at radius 1 is 0.531 bits per heavy atom. The average Bonchev–Trinajstić information content (AvgIpc) is 2.89. The molecule has 0 bridgehead atoms. The highest BCUT2D eigenvalue weighted by Gasteiger charge is 1.96. The first kappa shape index (κ1) is 33.8. The maximum absolute atomic E-state index is 10.2. The first-order valence-electron chi connectivity index (χ1n) is 12.0. The van der Waals surface area contributed by atoms with Gasteiger partial charge in [0.15, 0.2) is 0 Å². The summed E-state index contributed by atoms with van der Waals surface area (Å²) >= 11 is 0. The number of rotatable bonds is 4. The Labute approximate surface area is 198 Å². The van der Waals surface area contributed by atoms with E-state index in [0.29, 0.717) is 0 Å². The van der Waals surface area contributed by atoms with E-state index in [1.165, 1.54) is 11.1 Å². The molecule has 3 rings (SSSR count). The van der Waals surface area contributed by atoms with Gasteiger partial charge >= 0.3 is 5.97 Å². The zero-order valence-electron chi connectivity index (χ0n) is 21.6. The summed E-state index contributed by atoms with van der Waals surface area (Å²) in [6.07, 6.45) is 2.39. The molecule has 0 saturated carbocycles. The quantitative estimate of drug-likeness (QED) is 0.441. The monoisotopic (exact) mass is 438 g/mol. The van der Waals surface area contributed by atoms with Crippen molar-refractivity contribution in [3.05, 3.63) is 108 Å². The van der Waals surface area contributed by atoms with Crippen molar-refractivity contribution in [2.24, 2.45) is 0 Å². The van der Waals surface area contributed by atoms with Gasteiger partial charge in [0.2, 0.25) is 0 Å². The largest absolute Gasteiger partial charge is 0.481 e. The molecule has 0 atom stereocenters. The molecule has 0 aliphatic heterocycles. The maximum atomic E-state index is 10.2. The summed E-state index contributed by atoms with van der Waals surface area (Å²) in [5.41, 5.74) is 3.66. The molecule has 1 N–H and O–H groups in total. The summed E-state index contributed by atoms with van der Waals surface area (Å²) in [5, 5.41) is 8.37. The minimum Gasteiger partial charge on any atom is -0.481 e. The molecular weight excluding hydrogens is 392 g/mol. The van der Waals surface area contributed by atoms with Crippen molar-refractivity contribution < 1.29 is 9.90 Å². The van der Waals surface area contributed by atoms with E-state index in [4.69, 9.17) is 5.11 Å². The molecule has 0 heterocycles. The van der Waals surface area contributed by atoms with Gasteiger partial charge < -0.3 is 5.11 Å². The highest BCUT2D eigenvalue weighted by molar-refractivity contribution is 5.70. The number of carboxylic acids is 1. The molecule has 0 radical (unpaired) electrons. The minimum absolute atomic E-state index is 0.112. The van der Waals surface area contributed by atoms with Crippen LogP contribution in [0.3, 0.4) is 0 Å². The van der Waals surface area contributed by atoms with E-state index in [9.17, 15) is 4.79 Å². The first-order valence-corrected chi connectivity index (χ1v) is 12.0. The van der Waals surface area contributed by atoms with Crippen molar-refractivity contribution in [1.82, 2.24) is 0 Å². The summed E-state index contributed by atoms with van der Waals surface area (Å²) in [4.78, 5) is 10.2. The van der Waals surface area contributed by atoms with Crippen molar-refractivity contribution in [2.75, 3.05) is 0 Å². The lowest BCUT2D eigenvalue weighted by molar-refractivity contribution is -0.136. The van der Waals surface area contributed by atoms with Crippen LogP contribution in [-0.4, -0.2) is 11.1 Å². The van der Waals surface area contributed by atoms with E-state index in [1.807, 2.05) is 71.9 Å². The fourth-order valence-electron chi connectivity index (χ4n) is 2.20. The third kappa shape index (κ3) is 21.8. The Hall–Kier alpha value is -2.87. The zero-order chi connectivity index (χ0) is 25.0. The van der Waals surface area contributed by atoms with Crippen LogP contribution in [0.2, 0.25) is 0 Å². The Kier molecular flexibility index (Phi) is 29.7. The number of aryl methyl sites for hydroxylation is 2. The second-order valence-corrected chi connectivity index (χ2v) is 5.73. The smallest absolute Gasteiger partial charge is 0.307 e. The summed E-state index contributed by atoms with van der Waals surface area (Å²) in [6.45, 7) is 16.3. The molecular formula is C30H46O2. The van der Waals surface area contributed by atoms with Crippen LogP contribution in [0.15, 0.2) is 91.0 Å². The van der Waals surface area contributed by atoms with Gasteiger partial charge in [-0.15, -0.1) is 0 Å². The molecule has 0 spiro atoms. The number of hydrogen-bond acceptors (Lipinski definition) is 1. The maximum Gasteiger partial charge on any atom is 0.307 e. The lowest BCUT2D eigenvalue weighted by atomic mass is 10.2. The number of carbonyl (C=O) groups is 1. The van der Waals surface area contributed by atoms with Crippen LogP contribution >= 0.6 is 0 Å². The third-order valence-corrected chi connectivity index (χ3v) is 3.70. The van der Waals surface area contributed by atoms with Crippen LogP contribution in [0.25, 0.3) is 0 Å². The predicted octanol–water partition coefficient (Wildman–Crippen LogP) is 8.89. The molecule has 0 unspecified atom stereocenters. The fraction of sp³-hybridized carbons (Fsp3) is 0.367. The number of hydrogen-bond donors (Lipinski definition) is 1. The number of aliphatic carboxylic acids is 1. The van der Waals surface area contributed by atoms with Crippen LogP contribution in [0.1, 0.15) is 72.1 Å². The second-order valence-electron chi connectivity index (χ2n) is 5.73. The normalized spacial score (nSPS) is 8.00. The lowest BCUT2D eigenvalue weighted by Gasteiger charge is -1.92. The van der Waals surface area contributed by atoms with Gasteiger partial charge in [0, 0.05) is 0 Å². The van der Waals surface area contributed by atoms with Gasteiger partial charge in [-0.2, -0.15) is 0 Å². The highest BCUT2D eigenvalue weighted by Crippen LogP contribution is 1.99. The van der Waals surface area contributed by atoms with Gasteiger partial charge in [0.1, 0.15) is 0 Å². The molecule has 0 aliphatic rings. The van der Waals surface area contributed by atoms with E-state index >= 15 is 0 Å². The zero-order valence-corrected chi connectivity index (χ0v) is 21.6. The molecule has 0 aliphatic carbocycles. The molecule has 0 saturated heterocycles. The Morgan fingerprint density at radius 2 is 0.781 bits per heavy atom.